The summed E-state index contributed by atoms with van der Waals surface area (Å²) in [6.07, 6.45) is 6.94. The Morgan fingerprint density at radius 2 is 1.76 bits per heavy atom. The summed E-state index contributed by atoms with van der Waals surface area (Å²) >= 11 is 3.60. The molecule has 0 spiro atoms. The van der Waals surface area contributed by atoms with E-state index in [9.17, 15) is 5.11 Å². The van der Waals surface area contributed by atoms with Crippen molar-refractivity contribution < 1.29 is 24.1 Å². The van der Waals surface area contributed by atoms with Crippen LogP contribution in [0.2, 0.25) is 0 Å². The molecule has 0 fully saturated rings. The standard InChI is InChI=1S/C26H36BrNO5.ClH/c1-3-4-5-6-7-8-11-28-17-19-14-21(27)26(25(15-19)30-2)33-18-22(29)20-9-10-23-24(16-20)32-13-12-31-23;/h9-10,14-16,22,28-29H,3-8,11-13,17-18H2,1-2H3;1H. The molecular formula is C26H37BrClNO5. The van der Waals surface area contributed by atoms with Crippen molar-refractivity contribution in [1.82, 2.24) is 5.32 Å². The summed E-state index contributed by atoms with van der Waals surface area (Å²) < 4.78 is 23.5. The first-order valence-corrected chi connectivity index (χ1v) is 12.7. The summed E-state index contributed by atoms with van der Waals surface area (Å²) in [6.45, 7) is 5.15. The Morgan fingerprint density at radius 1 is 1.03 bits per heavy atom. The number of aliphatic hydroxyl groups is 1. The number of hydrogen-bond acceptors (Lipinski definition) is 6. The van der Waals surface area contributed by atoms with E-state index in [2.05, 4.69) is 28.2 Å². The summed E-state index contributed by atoms with van der Waals surface area (Å²) in [5.74, 6) is 2.56. The van der Waals surface area contributed by atoms with E-state index < -0.39 is 6.10 Å². The van der Waals surface area contributed by atoms with Crippen LogP contribution in [0.5, 0.6) is 23.0 Å². The molecule has 2 aromatic carbocycles. The lowest BCUT2D eigenvalue weighted by molar-refractivity contribution is 0.105. The molecule has 34 heavy (non-hydrogen) atoms. The molecule has 8 heteroatoms. The fourth-order valence-electron chi connectivity index (χ4n) is 3.80. The second kappa shape index (κ2) is 15.4. The van der Waals surface area contributed by atoms with Gasteiger partial charge in [-0.25, -0.2) is 0 Å². The first-order chi connectivity index (χ1) is 16.1. The van der Waals surface area contributed by atoms with Gasteiger partial charge < -0.3 is 29.4 Å². The zero-order valence-corrected chi connectivity index (χ0v) is 22.5. The van der Waals surface area contributed by atoms with Crippen LogP contribution < -0.4 is 24.3 Å². The maximum absolute atomic E-state index is 10.6. The maximum atomic E-state index is 10.6. The molecule has 0 saturated carbocycles. The van der Waals surface area contributed by atoms with E-state index in [1.807, 2.05) is 24.3 Å². The van der Waals surface area contributed by atoms with Crippen LogP contribution in [0.4, 0.5) is 0 Å². The Kier molecular flexibility index (Phi) is 12.9. The van der Waals surface area contributed by atoms with E-state index in [0.717, 1.165) is 23.1 Å². The Hall–Kier alpha value is -1.67. The molecule has 0 aliphatic carbocycles. The average molecular weight is 559 g/mol. The molecule has 3 rings (SSSR count). The Balaban J connectivity index is 0.00000408. The number of methoxy groups -OCH3 is 1. The minimum absolute atomic E-state index is 0. The molecule has 190 valence electrons. The van der Waals surface area contributed by atoms with Gasteiger partial charge in [0.25, 0.3) is 0 Å². The summed E-state index contributed by atoms with van der Waals surface area (Å²) in [4.78, 5) is 0. The number of hydrogen-bond donors (Lipinski definition) is 2. The second-order valence-corrected chi connectivity index (χ2v) is 9.14. The number of rotatable bonds is 14. The molecule has 1 aliphatic rings. The number of fused-ring (bicyclic) bond motifs is 1. The van der Waals surface area contributed by atoms with Crippen molar-refractivity contribution in [1.29, 1.82) is 0 Å². The molecule has 0 radical (unpaired) electrons. The lowest BCUT2D eigenvalue weighted by atomic mass is 10.1. The van der Waals surface area contributed by atoms with Gasteiger partial charge in [0.15, 0.2) is 23.0 Å². The van der Waals surface area contributed by atoms with Gasteiger partial charge in [-0.15, -0.1) is 12.4 Å². The molecule has 1 aliphatic heterocycles. The average Bonchev–Trinajstić information content (AvgIpc) is 2.84. The minimum Gasteiger partial charge on any atom is -0.493 e. The fraction of sp³-hybridized carbons (Fsp3) is 0.538. The Morgan fingerprint density at radius 3 is 2.53 bits per heavy atom. The molecule has 0 bridgehead atoms. The van der Waals surface area contributed by atoms with E-state index in [4.69, 9.17) is 18.9 Å². The largest absolute Gasteiger partial charge is 0.493 e. The Labute approximate surface area is 217 Å². The molecular weight excluding hydrogens is 522 g/mol. The summed E-state index contributed by atoms with van der Waals surface area (Å²) in [5, 5.41) is 14.1. The third-order valence-corrected chi connectivity index (χ3v) is 6.25. The van der Waals surface area contributed by atoms with Crippen LogP contribution in [0.3, 0.4) is 0 Å². The van der Waals surface area contributed by atoms with Gasteiger partial charge in [-0.1, -0.05) is 45.1 Å². The van der Waals surface area contributed by atoms with Crippen molar-refractivity contribution >= 4 is 28.3 Å². The number of aliphatic hydroxyl groups excluding tert-OH is 1. The number of unbranched alkanes of at least 4 members (excludes halogenated alkanes) is 5. The second-order valence-electron chi connectivity index (χ2n) is 8.28. The summed E-state index contributed by atoms with van der Waals surface area (Å²) in [5.41, 5.74) is 1.83. The van der Waals surface area contributed by atoms with Gasteiger partial charge in [0.1, 0.15) is 25.9 Å². The molecule has 0 amide bonds. The van der Waals surface area contributed by atoms with Crippen LogP contribution in [0.15, 0.2) is 34.8 Å². The smallest absolute Gasteiger partial charge is 0.175 e. The quantitative estimate of drug-likeness (QED) is 0.269. The van der Waals surface area contributed by atoms with Gasteiger partial charge in [0.2, 0.25) is 0 Å². The van der Waals surface area contributed by atoms with Gasteiger partial charge in [0.05, 0.1) is 11.6 Å². The van der Waals surface area contributed by atoms with Crippen LogP contribution in [-0.4, -0.2) is 38.6 Å². The highest BCUT2D eigenvalue weighted by Gasteiger charge is 2.18. The molecule has 2 N–H and O–H groups in total. The number of benzene rings is 2. The highest BCUT2D eigenvalue weighted by molar-refractivity contribution is 9.10. The molecule has 2 aromatic rings. The topological polar surface area (TPSA) is 69.2 Å². The maximum Gasteiger partial charge on any atom is 0.175 e. The third-order valence-electron chi connectivity index (χ3n) is 5.66. The first-order valence-electron chi connectivity index (χ1n) is 11.9. The number of nitrogens with one attached hydrogen (secondary N) is 1. The number of halogens is 2. The molecule has 0 saturated heterocycles. The zero-order valence-electron chi connectivity index (χ0n) is 20.1. The van der Waals surface area contributed by atoms with Crippen molar-refractivity contribution in [3.05, 3.63) is 45.9 Å². The van der Waals surface area contributed by atoms with Crippen LogP contribution in [0.25, 0.3) is 0 Å². The Bertz CT molecular complexity index is 883. The van der Waals surface area contributed by atoms with E-state index in [1.54, 1.807) is 13.2 Å². The lowest BCUT2D eigenvalue weighted by Gasteiger charge is -2.21. The van der Waals surface area contributed by atoms with E-state index >= 15 is 0 Å². The first kappa shape index (κ1) is 28.6. The molecule has 1 heterocycles. The summed E-state index contributed by atoms with van der Waals surface area (Å²) in [6, 6.07) is 9.45. The molecule has 1 atom stereocenters. The van der Waals surface area contributed by atoms with E-state index in [1.165, 1.54) is 38.5 Å². The zero-order chi connectivity index (χ0) is 23.5. The van der Waals surface area contributed by atoms with Crippen molar-refractivity contribution in [3.8, 4) is 23.0 Å². The van der Waals surface area contributed by atoms with Gasteiger partial charge in [0, 0.05) is 6.54 Å². The van der Waals surface area contributed by atoms with Crippen molar-refractivity contribution in [3.63, 3.8) is 0 Å². The van der Waals surface area contributed by atoms with Crippen LogP contribution in [0.1, 0.15) is 62.7 Å². The van der Waals surface area contributed by atoms with Crippen LogP contribution in [-0.2, 0) is 6.54 Å². The minimum atomic E-state index is -0.809. The predicted molar refractivity (Wildman–Crippen MR) is 141 cm³/mol. The van der Waals surface area contributed by atoms with Gasteiger partial charge in [-0.05, 0) is 64.3 Å². The predicted octanol–water partition coefficient (Wildman–Crippen LogP) is 6.21. The third kappa shape index (κ3) is 8.52. The van der Waals surface area contributed by atoms with Crippen LogP contribution in [0, 0.1) is 0 Å². The lowest BCUT2D eigenvalue weighted by Crippen LogP contribution is -2.16. The fourth-order valence-corrected chi connectivity index (χ4v) is 4.41. The normalized spacial score (nSPS) is 13.2. The van der Waals surface area contributed by atoms with Gasteiger partial charge in [-0.3, -0.25) is 0 Å². The van der Waals surface area contributed by atoms with Crippen molar-refractivity contribution in [2.45, 2.75) is 58.1 Å². The summed E-state index contributed by atoms with van der Waals surface area (Å²) in [7, 11) is 1.62. The van der Waals surface area contributed by atoms with E-state index in [-0.39, 0.29) is 19.0 Å². The van der Waals surface area contributed by atoms with Gasteiger partial charge in [-0.2, -0.15) is 0 Å². The van der Waals surface area contributed by atoms with Crippen molar-refractivity contribution in [2.24, 2.45) is 0 Å². The van der Waals surface area contributed by atoms with Crippen molar-refractivity contribution in [2.75, 3.05) is 33.5 Å². The highest BCUT2D eigenvalue weighted by Crippen LogP contribution is 2.38. The van der Waals surface area contributed by atoms with E-state index in [0.29, 0.717) is 41.8 Å². The molecule has 0 aromatic heterocycles. The monoisotopic (exact) mass is 557 g/mol. The SMILES string of the molecule is CCCCCCCCNCc1cc(Br)c(OCC(O)c2ccc3c(c2)OCCO3)c(OC)c1.Cl. The van der Waals surface area contributed by atoms with Gasteiger partial charge >= 0.3 is 0 Å². The van der Waals surface area contributed by atoms with Crippen LogP contribution >= 0.6 is 28.3 Å². The molecule has 1 unspecified atom stereocenters. The molecule has 6 nitrogen and oxygen atoms in total. The highest BCUT2D eigenvalue weighted by atomic mass is 79.9. The number of ether oxygens (including phenoxy) is 4.